The zero-order valence-corrected chi connectivity index (χ0v) is 19.9. The van der Waals surface area contributed by atoms with E-state index in [1.807, 2.05) is 74.8 Å². The highest BCUT2D eigenvalue weighted by molar-refractivity contribution is 5.91. The van der Waals surface area contributed by atoms with Crippen LogP contribution in [-0.4, -0.2) is 31.2 Å². The van der Waals surface area contributed by atoms with E-state index in [1.165, 1.54) is 0 Å². The van der Waals surface area contributed by atoms with E-state index in [0.717, 1.165) is 59.5 Å². The first-order valence-electron chi connectivity index (χ1n) is 12.0. The third-order valence-electron chi connectivity index (χ3n) is 7.10. The SMILES string of the molecule is Cc1c(-c2cnn(C)c2)nn(-c2ccccc2)c1NC(=O)NC1CC2(CCC2)Oc2ccccc21. The van der Waals surface area contributed by atoms with E-state index in [0.29, 0.717) is 5.82 Å². The fourth-order valence-electron chi connectivity index (χ4n) is 5.14. The summed E-state index contributed by atoms with van der Waals surface area (Å²) in [6.45, 7) is 1.97. The third-order valence-corrected chi connectivity index (χ3v) is 7.10. The van der Waals surface area contributed by atoms with E-state index in [9.17, 15) is 4.79 Å². The highest BCUT2D eigenvalue weighted by Crippen LogP contribution is 2.48. The Labute approximate surface area is 203 Å². The molecule has 6 rings (SSSR count). The number of nitrogens with zero attached hydrogens (tertiary/aromatic N) is 4. The second-order valence-electron chi connectivity index (χ2n) is 9.50. The molecule has 1 atom stereocenters. The van der Waals surface area contributed by atoms with Crippen LogP contribution in [0, 0.1) is 6.92 Å². The molecule has 4 aromatic rings. The summed E-state index contributed by atoms with van der Waals surface area (Å²) in [5.41, 5.74) is 4.27. The summed E-state index contributed by atoms with van der Waals surface area (Å²) in [7, 11) is 1.88. The van der Waals surface area contributed by atoms with Gasteiger partial charge < -0.3 is 10.1 Å². The molecule has 0 saturated heterocycles. The van der Waals surface area contributed by atoms with Crippen LogP contribution in [0.1, 0.15) is 42.9 Å². The van der Waals surface area contributed by atoms with E-state index < -0.39 is 0 Å². The highest BCUT2D eigenvalue weighted by Gasteiger charge is 2.45. The molecule has 0 radical (unpaired) electrons. The zero-order valence-electron chi connectivity index (χ0n) is 19.9. The fraction of sp³-hybridized carbons (Fsp3) is 0.296. The predicted octanol–water partition coefficient (Wildman–Crippen LogP) is 5.15. The number of carbonyl (C=O) groups is 1. The van der Waals surface area contributed by atoms with Gasteiger partial charge in [0.1, 0.15) is 22.9 Å². The Morgan fingerprint density at radius 3 is 2.60 bits per heavy atom. The Kier molecular flexibility index (Phi) is 5.09. The monoisotopic (exact) mass is 468 g/mol. The molecule has 0 bridgehead atoms. The molecule has 35 heavy (non-hydrogen) atoms. The van der Waals surface area contributed by atoms with Crippen LogP contribution < -0.4 is 15.4 Å². The Hall–Kier alpha value is -4.07. The van der Waals surface area contributed by atoms with Crippen LogP contribution in [0.25, 0.3) is 16.9 Å². The first-order chi connectivity index (χ1) is 17.0. The van der Waals surface area contributed by atoms with Crippen molar-refractivity contribution in [1.82, 2.24) is 24.9 Å². The van der Waals surface area contributed by atoms with Crippen molar-refractivity contribution in [2.24, 2.45) is 7.05 Å². The lowest BCUT2D eigenvalue weighted by Crippen LogP contribution is -2.50. The second kappa shape index (κ2) is 8.30. The lowest BCUT2D eigenvalue weighted by atomic mass is 9.73. The number of fused-ring (bicyclic) bond motifs is 1. The van der Waals surface area contributed by atoms with Gasteiger partial charge in [-0.3, -0.25) is 10.00 Å². The van der Waals surface area contributed by atoms with Gasteiger partial charge in [0.25, 0.3) is 0 Å². The summed E-state index contributed by atoms with van der Waals surface area (Å²) in [5, 5.41) is 15.5. The van der Waals surface area contributed by atoms with Crippen LogP contribution in [0.15, 0.2) is 67.0 Å². The van der Waals surface area contributed by atoms with E-state index in [-0.39, 0.29) is 17.7 Å². The Bertz CT molecular complexity index is 1390. The van der Waals surface area contributed by atoms with Crippen LogP contribution in [0.2, 0.25) is 0 Å². The van der Waals surface area contributed by atoms with Gasteiger partial charge in [-0.25, -0.2) is 9.48 Å². The number of aryl methyl sites for hydroxylation is 1. The van der Waals surface area contributed by atoms with Crippen molar-refractivity contribution in [3.8, 4) is 22.7 Å². The average Bonchev–Trinajstić information content (AvgIpc) is 3.41. The second-order valence-corrected chi connectivity index (χ2v) is 9.50. The number of hydrogen-bond acceptors (Lipinski definition) is 4. The minimum atomic E-state index is -0.265. The summed E-state index contributed by atoms with van der Waals surface area (Å²) in [6.07, 6.45) is 7.69. The van der Waals surface area contributed by atoms with Gasteiger partial charge in [0.15, 0.2) is 0 Å². The van der Waals surface area contributed by atoms with Crippen molar-refractivity contribution in [1.29, 1.82) is 0 Å². The van der Waals surface area contributed by atoms with Gasteiger partial charge in [-0.1, -0.05) is 36.4 Å². The molecule has 8 nitrogen and oxygen atoms in total. The molecule has 1 aliphatic carbocycles. The minimum absolute atomic E-state index is 0.119. The van der Waals surface area contributed by atoms with Crippen LogP contribution in [0.5, 0.6) is 5.75 Å². The molecular formula is C27H28N6O2. The van der Waals surface area contributed by atoms with Gasteiger partial charge in [0.2, 0.25) is 0 Å². The first-order valence-corrected chi connectivity index (χ1v) is 12.0. The number of urea groups is 1. The van der Waals surface area contributed by atoms with Crippen molar-refractivity contribution in [2.45, 2.75) is 44.2 Å². The number of nitrogens with one attached hydrogen (secondary N) is 2. The molecule has 2 N–H and O–H groups in total. The lowest BCUT2D eigenvalue weighted by molar-refractivity contribution is -0.0354. The standard InChI is InChI=1S/C27H28N6O2/c1-18-24(19-16-28-32(2)17-19)31-33(20-9-4-3-5-10-20)25(18)30-26(34)29-22-15-27(13-8-14-27)35-23-12-7-6-11-21(22)23/h3-7,9-12,16-17,22H,8,13-15H2,1-2H3,(H2,29,30,34). The molecule has 8 heteroatoms. The summed E-state index contributed by atoms with van der Waals surface area (Å²) in [5.74, 6) is 1.50. The normalized spacial score (nSPS) is 17.8. The number of carbonyl (C=O) groups excluding carboxylic acids is 1. The zero-order chi connectivity index (χ0) is 24.0. The molecular weight excluding hydrogens is 440 g/mol. The highest BCUT2D eigenvalue weighted by atomic mass is 16.5. The number of rotatable bonds is 4. The molecule has 1 unspecified atom stereocenters. The molecule has 2 aliphatic rings. The molecule has 2 aromatic heterocycles. The average molecular weight is 469 g/mol. The van der Waals surface area contributed by atoms with Crippen LogP contribution >= 0.6 is 0 Å². The molecule has 2 amide bonds. The third kappa shape index (κ3) is 3.84. The number of anilines is 1. The summed E-state index contributed by atoms with van der Waals surface area (Å²) in [4.78, 5) is 13.4. The van der Waals surface area contributed by atoms with Crippen molar-refractivity contribution < 1.29 is 9.53 Å². The molecule has 1 spiro atoms. The van der Waals surface area contributed by atoms with Crippen molar-refractivity contribution in [3.05, 3.63) is 78.1 Å². The quantitative estimate of drug-likeness (QED) is 0.434. The van der Waals surface area contributed by atoms with Crippen molar-refractivity contribution in [3.63, 3.8) is 0 Å². The maximum Gasteiger partial charge on any atom is 0.320 e. The summed E-state index contributed by atoms with van der Waals surface area (Å²) < 4.78 is 9.87. The van der Waals surface area contributed by atoms with Gasteiger partial charge in [-0.05, 0) is 44.4 Å². The van der Waals surface area contributed by atoms with Crippen LogP contribution in [0.4, 0.5) is 10.6 Å². The fourth-order valence-corrected chi connectivity index (χ4v) is 5.14. The molecule has 1 saturated carbocycles. The van der Waals surface area contributed by atoms with E-state index in [1.54, 1.807) is 15.6 Å². The lowest BCUT2D eigenvalue weighted by Gasteiger charge is -2.47. The molecule has 3 heterocycles. The maximum atomic E-state index is 13.4. The van der Waals surface area contributed by atoms with Crippen molar-refractivity contribution in [2.75, 3.05) is 5.32 Å². The number of hydrogen-bond donors (Lipinski definition) is 2. The number of benzene rings is 2. The predicted molar refractivity (Wildman–Crippen MR) is 134 cm³/mol. The van der Waals surface area contributed by atoms with Crippen molar-refractivity contribution >= 4 is 11.8 Å². The summed E-state index contributed by atoms with van der Waals surface area (Å²) >= 11 is 0. The molecule has 1 fully saturated rings. The Morgan fingerprint density at radius 1 is 1.11 bits per heavy atom. The first kappa shape index (κ1) is 21.5. The van der Waals surface area contributed by atoms with Gasteiger partial charge >= 0.3 is 6.03 Å². The number of para-hydroxylation sites is 2. The number of ether oxygens (including phenoxy) is 1. The largest absolute Gasteiger partial charge is 0.487 e. The molecule has 1 aliphatic heterocycles. The van der Waals surface area contributed by atoms with Gasteiger partial charge in [0, 0.05) is 36.4 Å². The van der Waals surface area contributed by atoms with Crippen LogP contribution in [0.3, 0.4) is 0 Å². The smallest absolute Gasteiger partial charge is 0.320 e. The molecule has 2 aromatic carbocycles. The van der Waals surface area contributed by atoms with Gasteiger partial charge in [-0.2, -0.15) is 10.2 Å². The minimum Gasteiger partial charge on any atom is -0.487 e. The van der Waals surface area contributed by atoms with Crippen LogP contribution in [-0.2, 0) is 7.05 Å². The van der Waals surface area contributed by atoms with Gasteiger partial charge in [-0.15, -0.1) is 0 Å². The number of amides is 2. The van der Waals surface area contributed by atoms with E-state index >= 15 is 0 Å². The van der Waals surface area contributed by atoms with E-state index in [2.05, 4.69) is 15.7 Å². The topological polar surface area (TPSA) is 86.0 Å². The van der Waals surface area contributed by atoms with Gasteiger partial charge in [0.05, 0.1) is 17.9 Å². The van der Waals surface area contributed by atoms with E-state index in [4.69, 9.17) is 9.84 Å². The number of aromatic nitrogens is 4. The maximum absolute atomic E-state index is 13.4. The Morgan fingerprint density at radius 2 is 1.89 bits per heavy atom. The molecule has 178 valence electrons. The summed E-state index contributed by atoms with van der Waals surface area (Å²) in [6, 6.07) is 17.4. The Balaban J connectivity index is 1.32.